The normalized spacial score (nSPS) is 9.56. The quantitative estimate of drug-likeness (QED) is 0.563. The lowest BCUT2D eigenvalue weighted by Crippen LogP contribution is -1.87. The summed E-state index contributed by atoms with van der Waals surface area (Å²) in [7, 11) is 0. The van der Waals surface area contributed by atoms with Gasteiger partial charge in [-0.3, -0.25) is 0 Å². The summed E-state index contributed by atoms with van der Waals surface area (Å²) in [6, 6.07) is 8.48. The molecule has 0 aromatic rings. The lowest BCUT2D eigenvalue weighted by molar-refractivity contribution is 1.14. The second kappa shape index (κ2) is 2.65. The first-order valence-corrected chi connectivity index (χ1v) is 3.19. The molecule has 0 aromatic heterocycles. The molecule has 0 radical (unpaired) electrons. The minimum Gasteiger partial charge on any atom is -0.331 e. The van der Waals surface area contributed by atoms with Crippen molar-refractivity contribution in [2.45, 2.75) is 6.92 Å². The maximum Gasteiger partial charge on any atom is -0.0106 e. The van der Waals surface area contributed by atoms with Gasteiger partial charge in [0.1, 0.15) is 0 Å². The molecule has 0 bridgehead atoms. The van der Waals surface area contributed by atoms with E-state index in [2.05, 4.69) is 24.3 Å². The Balaban J connectivity index is 0.000000120. The third-order valence-corrected chi connectivity index (χ3v) is 1.22. The fourth-order valence-electron chi connectivity index (χ4n) is 0.663. The summed E-state index contributed by atoms with van der Waals surface area (Å²) in [4.78, 5) is 0. The SMILES string of the molecule is CCN.c1cc2ccc1-2. The molecule has 0 heterocycles. The zero-order chi connectivity index (χ0) is 6.69. The van der Waals surface area contributed by atoms with Crippen LogP contribution in [0.25, 0.3) is 11.1 Å². The van der Waals surface area contributed by atoms with E-state index in [9.17, 15) is 0 Å². The Hall–Kier alpha value is -0.820. The minimum absolute atomic E-state index is 0.750. The number of fused-ring (bicyclic) bond motifs is 1. The maximum atomic E-state index is 4.85. The van der Waals surface area contributed by atoms with Gasteiger partial charge in [0.05, 0.1) is 0 Å². The number of nitrogens with two attached hydrogens (primary N) is 1. The van der Waals surface area contributed by atoms with Crippen molar-refractivity contribution in [3.63, 3.8) is 0 Å². The number of benzene rings is 1. The van der Waals surface area contributed by atoms with E-state index in [0.717, 1.165) is 6.54 Å². The highest BCUT2D eigenvalue weighted by Gasteiger charge is 2.03. The first kappa shape index (κ1) is 6.30. The Bertz CT molecular complexity index is 155. The molecular weight excluding hydrogens is 110 g/mol. The fraction of sp³-hybridized carbons (Fsp3) is 0.250. The first-order chi connectivity index (χ1) is 4.38. The molecule has 2 aliphatic rings. The smallest absolute Gasteiger partial charge is 0.0106 e. The van der Waals surface area contributed by atoms with Crippen molar-refractivity contribution in [1.82, 2.24) is 0 Å². The number of hydrogen-bond acceptors (Lipinski definition) is 1. The van der Waals surface area contributed by atoms with Crippen LogP contribution in [-0.4, -0.2) is 6.54 Å². The topological polar surface area (TPSA) is 26.0 Å². The van der Waals surface area contributed by atoms with E-state index in [1.807, 2.05) is 6.92 Å². The summed E-state index contributed by atoms with van der Waals surface area (Å²) in [6.07, 6.45) is 0. The van der Waals surface area contributed by atoms with Crippen molar-refractivity contribution in [3.05, 3.63) is 24.3 Å². The highest BCUT2D eigenvalue weighted by Crippen LogP contribution is 2.29. The van der Waals surface area contributed by atoms with Gasteiger partial charge in [0.2, 0.25) is 0 Å². The summed E-state index contributed by atoms with van der Waals surface area (Å²) >= 11 is 0. The molecule has 0 saturated heterocycles. The molecule has 2 aliphatic carbocycles. The van der Waals surface area contributed by atoms with E-state index in [-0.39, 0.29) is 0 Å². The standard InChI is InChI=1S/C6H4.C2H7N/c1-2-6-4-3-5(1)6;1-2-3/h1-4H;2-3H2,1H3. The Labute approximate surface area is 55.5 Å². The Morgan fingerprint density at radius 2 is 1.33 bits per heavy atom. The van der Waals surface area contributed by atoms with Crippen molar-refractivity contribution in [2.24, 2.45) is 5.73 Å². The van der Waals surface area contributed by atoms with E-state index >= 15 is 0 Å². The third-order valence-electron chi connectivity index (χ3n) is 1.22. The van der Waals surface area contributed by atoms with Gasteiger partial charge in [-0.2, -0.15) is 0 Å². The average molecular weight is 121 g/mol. The van der Waals surface area contributed by atoms with Gasteiger partial charge >= 0.3 is 0 Å². The highest BCUT2D eigenvalue weighted by molar-refractivity contribution is 5.75. The summed E-state index contributed by atoms with van der Waals surface area (Å²) in [5, 5.41) is 0. The molecular formula is C8H11N. The Morgan fingerprint density at radius 1 is 1.11 bits per heavy atom. The van der Waals surface area contributed by atoms with Crippen molar-refractivity contribution in [3.8, 4) is 11.1 Å². The maximum absolute atomic E-state index is 4.85. The van der Waals surface area contributed by atoms with Crippen LogP contribution in [0.1, 0.15) is 6.92 Å². The van der Waals surface area contributed by atoms with E-state index in [0.29, 0.717) is 0 Å². The van der Waals surface area contributed by atoms with Crippen molar-refractivity contribution < 1.29 is 0 Å². The monoisotopic (exact) mass is 121 g/mol. The molecule has 0 amide bonds. The second-order valence-electron chi connectivity index (χ2n) is 1.99. The first-order valence-electron chi connectivity index (χ1n) is 3.19. The summed E-state index contributed by atoms with van der Waals surface area (Å²) in [5.41, 5.74) is 7.70. The third kappa shape index (κ3) is 1.11. The molecule has 0 aliphatic heterocycles. The van der Waals surface area contributed by atoms with E-state index < -0.39 is 0 Å². The Kier molecular flexibility index (Phi) is 1.85. The predicted molar refractivity (Wildman–Crippen MR) is 40.2 cm³/mol. The highest BCUT2D eigenvalue weighted by atomic mass is 14.5. The summed E-state index contributed by atoms with van der Waals surface area (Å²) in [6.45, 7) is 2.65. The van der Waals surface area contributed by atoms with Gasteiger partial charge in [-0.05, 0) is 17.7 Å². The molecule has 9 heavy (non-hydrogen) atoms. The molecule has 48 valence electrons. The van der Waals surface area contributed by atoms with Gasteiger partial charge in [0.25, 0.3) is 0 Å². The van der Waals surface area contributed by atoms with E-state index in [1.54, 1.807) is 0 Å². The number of rotatable bonds is 0. The molecule has 0 aromatic carbocycles. The second-order valence-corrected chi connectivity index (χ2v) is 1.99. The molecule has 0 atom stereocenters. The van der Waals surface area contributed by atoms with Crippen LogP contribution in [0.4, 0.5) is 0 Å². The van der Waals surface area contributed by atoms with Crippen LogP contribution in [0, 0.1) is 0 Å². The molecule has 0 fully saturated rings. The zero-order valence-corrected chi connectivity index (χ0v) is 5.59. The van der Waals surface area contributed by atoms with Gasteiger partial charge in [-0.1, -0.05) is 31.2 Å². The fourth-order valence-corrected chi connectivity index (χ4v) is 0.663. The van der Waals surface area contributed by atoms with Crippen molar-refractivity contribution in [2.75, 3.05) is 6.54 Å². The molecule has 2 rings (SSSR count). The molecule has 0 saturated carbocycles. The lowest BCUT2D eigenvalue weighted by Gasteiger charge is -2.10. The molecule has 1 heteroatoms. The van der Waals surface area contributed by atoms with Crippen molar-refractivity contribution >= 4 is 0 Å². The van der Waals surface area contributed by atoms with Crippen LogP contribution >= 0.6 is 0 Å². The van der Waals surface area contributed by atoms with E-state index in [1.165, 1.54) is 11.1 Å². The van der Waals surface area contributed by atoms with Crippen LogP contribution in [0.3, 0.4) is 0 Å². The van der Waals surface area contributed by atoms with Gasteiger partial charge < -0.3 is 5.73 Å². The van der Waals surface area contributed by atoms with Gasteiger partial charge in [0.15, 0.2) is 0 Å². The molecule has 2 N–H and O–H groups in total. The minimum atomic E-state index is 0.750. The number of hydrogen-bond donors (Lipinski definition) is 1. The molecule has 1 nitrogen and oxygen atoms in total. The van der Waals surface area contributed by atoms with Crippen LogP contribution < -0.4 is 5.73 Å². The van der Waals surface area contributed by atoms with Crippen LogP contribution in [-0.2, 0) is 0 Å². The van der Waals surface area contributed by atoms with Gasteiger partial charge in [0, 0.05) is 0 Å². The summed E-state index contributed by atoms with van der Waals surface area (Å²) < 4.78 is 0. The molecule has 0 unspecified atom stereocenters. The summed E-state index contributed by atoms with van der Waals surface area (Å²) in [5.74, 6) is 0. The predicted octanol–water partition coefficient (Wildman–Crippen LogP) is 1.63. The largest absolute Gasteiger partial charge is 0.331 e. The van der Waals surface area contributed by atoms with Gasteiger partial charge in [-0.15, -0.1) is 0 Å². The van der Waals surface area contributed by atoms with E-state index in [4.69, 9.17) is 5.73 Å². The van der Waals surface area contributed by atoms with Gasteiger partial charge in [-0.25, -0.2) is 0 Å². The lowest BCUT2D eigenvalue weighted by atomic mass is 9.95. The molecule has 0 spiro atoms. The average Bonchev–Trinajstić information content (AvgIpc) is 1.81. The van der Waals surface area contributed by atoms with Crippen molar-refractivity contribution in [1.29, 1.82) is 0 Å². The Morgan fingerprint density at radius 3 is 1.33 bits per heavy atom. The van der Waals surface area contributed by atoms with Crippen LogP contribution in [0.15, 0.2) is 24.3 Å². The van der Waals surface area contributed by atoms with Crippen LogP contribution in [0.2, 0.25) is 0 Å². The zero-order valence-electron chi connectivity index (χ0n) is 5.59. The van der Waals surface area contributed by atoms with Crippen LogP contribution in [0.5, 0.6) is 0 Å².